The lowest BCUT2D eigenvalue weighted by Crippen LogP contribution is -2.29. The van der Waals surface area contributed by atoms with Crippen molar-refractivity contribution in [3.05, 3.63) is 95.1 Å². The maximum absolute atomic E-state index is 11.5. The summed E-state index contributed by atoms with van der Waals surface area (Å²) in [6, 6.07) is 23.1. The van der Waals surface area contributed by atoms with Crippen LogP contribution in [0.15, 0.2) is 78.0 Å². The second-order valence-electron chi connectivity index (χ2n) is 8.22. The minimum atomic E-state index is -0.996. The number of carbonyl (C=O) groups is 1. The number of benzene rings is 3. The first-order valence-corrected chi connectivity index (χ1v) is 11.4. The average Bonchev–Trinajstić information content (AvgIpc) is 2.86. The lowest BCUT2D eigenvalue weighted by molar-refractivity contribution is -0.153. The van der Waals surface area contributed by atoms with E-state index in [9.17, 15) is 9.90 Å². The Bertz CT molecular complexity index is 1100. The minimum Gasteiger partial charge on any atom is -0.496 e. The van der Waals surface area contributed by atoms with Crippen molar-refractivity contribution in [1.29, 1.82) is 0 Å². The molecule has 3 aromatic rings. The van der Waals surface area contributed by atoms with Crippen LogP contribution in [-0.4, -0.2) is 36.6 Å². The van der Waals surface area contributed by atoms with Crippen LogP contribution >= 0.6 is 0 Å². The molecule has 0 amide bonds. The molecule has 7 nitrogen and oxygen atoms in total. The Balaban J connectivity index is 1.55. The van der Waals surface area contributed by atoms with Gasteiger partial charge < -0.3 is 24.2 Å². The molecular weight excluding hydrogens is 446 g/mol. The van der Waals surface area contributed by atoms with Gasteiger partial charge in [0.25, 0.3) is 0 Å². The van der Waals surface area contributed by atoms with Crippen molar-refractivity contribution < 1.29 is 28.9 Å². The number of nitrogens with zero attached hydrogens (tertiary/aromatic N) is 1. The Kier molecular flexibility index (Phi) is 9.69. The van der Waals surface area contributed by atoms with E-state index in [2.05, 4.69) is 5.16 Å². The summed E-state index contributed by atoms with van der Waals surface area (Å²) in [4.78, 5) is 17.0. The van der Waals surface area contributed by atoms with Gasteiger partial charge in [-0.25, -0.2) is 4.79 Å². The monoisotopic (exact) mass is 477 g/mol. The van der Waals surface area contributed by atoms with Crippen LogP contribution in [0.4, 0.5) is 0 Å². The number of oxime groups is 1. The highest BCUT2D eigenvalue weighted by atomic mass is 16.6. The molecule has 0 saturated heterocycles. The Morgan fingerprint density at radius 3 is 2.29 bits per heavy atom. The van der Waals surface area contributed by atoms with Gasteiger partial charge in [-0.3, -0.25) is 0 Å². The van der Waals surface area contributed by atoms with Crippen LogP contribution in [0.25, 0.3) is 0 Å². The van der Waals surface area contributed by atoms with Crippen LogP contribution in [0.5, 0.6) is 11.5 Å². The summed E-state index contributed by atoms with van der Waals surface area (Å²) < 4.78 is 16.7. The zero-order valence-electron chi connectivity index (χ0n) is 20.2. The minimum absolute atomic E-state index is 0.187. The Morgan fingerprint density at radius 1 is 0.943 bits per heavy atom. The molecule has 0 radical (unpaired) electrons. The number of hydrogen-bond acceptors (Lipinski definition) is 6. The maximum Gasteiger partial charge on any atom is 0.333 e. The van der Waals surface area contributed by atoms with E-state index in [0.717, 1.165) is 22.4 Å². The highest BCUT2D eigenvalue weighted by Gasteiger charge is 2.20. The molecular formula is C28H31NO6. The van der Waals surface area contributed by atoms with E-state index in [1.807, 2.05) is 80.6 Å². The van der Waals surface area contributed by atoms with Crippen molar-refractivity contribution in [2.75, 3.05) is 7.11 Å². The molecule has 3 rings (SSSR count). The summed E-state index contributed by atoms with van der Waals surface area (Å²) in [6.07, 6.45) is 0.675. The molecule has 0 aliphatic rings. The molecule has 0 bridgehead atoms. The second-order valence-corrected chi connectivity index (χ2v) is 8.22. The number of carboxylic acid groups (broad SMARTS) is 1. The SMILES string of the molecule is COc1ccc(CC(OC(C)C)C(=O)O)cc1C=NOCc1ccc(OCc2ccccc2)cc1. The van der Waals surface area contributed by atoms with Crippen LogP contribution < -0.4 is 9.47 Å². The average molecular weight is 478 g/mol. The topological polar surface area (TPSA) is 86.6 Å². The van der Waals surface area contributed by atoms with Gasteiger partial charge >= 0.3 is 5.97 Å². The highest BCUT2D eigenvalue weighted by molar-refractivity contribution is 5.83. The van der Waals surface area contributed by atoms with Crippen LogP contribution in [0.1, 0.15) is 36.1 Å². The van der Waals surface area contributed by atoms with Gasteiger partial charge in [0.2, 0.25) is 0 Å². The van der Waals surface area contributed by atoms with E-state index in [0.29, 0.717) is 24.5 Å². The van der Waals surface area contributed by atoms with Gasteiger partial charge in [0.05, 0.1) is 19.4 Å². The third-order valence-corrected chi connectivity index (χ3v) is 5.10. The second kappa shape index (κ2) is 13.2. The van der Waals surface area contributed by atoms with E-state index in [-0.39, 0.29) is 12.5 Å². The third kappa shape index (κ3) is 8.46. The van der Waals surface area contributed by atoms with Crippen molar-refractivity contribution in [2.24, 2.45) is 5.16 Å². The summed E-state index contributed by atoms with van der Waals surface area (Å²) in [6.45, 7) is 4.43. The molecule has 3 aromatic carbocycles. The third-order valence-electron chi connectivity index (χ3n) is 5.10. The van der Waals surface area contributed by atoms with Crippen LogP contribution in [-0.2, 0) is 34.0 Å². The zero-order valence-corrected chi connectivity index (χ0v) is 20.2. The number of rotatable bonds is 13. The molecule has 0 aliphatic heterocycles. The van der Waals surface area contributed by atoms with Crippen LogP contribution in [0.3, 0.4) is 0 Å². The standard InChI is InChI=1S/C28H31NO6/c1-20(2)35-27(28(30)31)16-23-11-14-26(32-3)24(15-23)17-29-34-19-22-9-12-25(13-10-22)33-18-21-7-5-4-6-8-21/h4-15,17,20,27H,16,18-19H2,1-3H3,(H,30,31). The van der Waals surface area contributed by atoms with Crippen molar-refractivity contribution in [3.8, 4) is 11.5 Å². The quantitative estimate of drug-likeness (QED) is 0.267. The number of ether oxygens (including phenoxy) is 3. The van der Waals surface area contributed by atoms with E-state index >= 15 is 0 Å². The fourth-order valence-electron chi connectivity index (χ4n) is 3.38. The first-order chi connectivity index (χ1) is 16.9. The lowest BCUT2D eigenvalue weighted by atomic mass is 10.0. The molecule has 7 heteroatoms. The molecule has 184 valence electrons. The van der Waals surface area contributed by atoms with Gasteiger partial charge in [-0.05, 0) is 54.8 Å². The van der Waals surface area contributed by atoms with E-state index in [1.165, 1.54) is 0 Å². The Morgan fingerprint density at radius 2 is 1.63 bits per heavy atom. The molecule has 0 spiro atoms. The van der Waals surface area contributed by atoms with Crippen molar-refractivity contribution in [1.82, 2.24) is 0 Å². The highest BCUT2D eigenvalue weighted by Crippen LogP contribution is 2.20. The molecule has 1 atom stereocenters. The number of methoxy groups -OCH3 is 1. The molecule has 0 saturated carbocycles. The summed E-state index contributed by atoms with van der Waals surface area (Å²) in [5.41, 5.74) is 3.54. The van der Waals surface area contributed by atoms with Gasteiger partial charge in [-0.2, -0.15) is 0 Å². The molecule has 1 unspecified atom stereocenters. The van der Waals surface area contributed by atoms with E-state index in [4.69, 9.17) is 19.0 Å². The summed E-state index contributed by atoms with van der Waals surface area (Å²) in [5.74, 6) is 0.394. The van der Waals surface area contributed by atoms with Crippen molar-refractivity contribution in [2.45, 2.75) is 45.7 Å². The van der Waals surface area contributed by atoms with Gasteiger partial charge in [-0.1, -0.05) is 53.7 Å². The molecule has 0 heterocycles. The van der Waals surface area contributed by atoms with Crippen molar-refractivity contribution >= 4 is 12.2 Å². The molecule has 0 aliphatic carbocycles. The predicted molar refractivity (Wildman–Crippen MR) is 134 cm³/mol. The van der Waals surface area contributed by atoms with Crippen LogP contribution in [0.2, 0.25) is 0 Å². The Hall–Kier alpha value is -3.84. The maximum atomic E-state index is 11.5. The summed E-state index contributed by atoms with van der Waals surface area (Å²) in [7, 11) is 1.57. The Labute approximate surface area is 205 Å². The van der Waals surface area contributed by atoms with Gasteiger partial charge in [0.1, 0.15) is 24.7 Å². The molecule has 35 heavy (non-hydrogen) atoms. The van der Waals surface area contributed by atoms with Crippen molar-refractivity contribution in [3.63, 3.8) is 0 Å². The van der Waals surface area contributed by atoms with Crippen LogP contribution in [0, 0.1) is 0 Å². The molecule has 0 aromatic heterocycles. The molecule has 1 N–H and O–H groups in total. The summed E-state index contributed by atoms with van der Waals surface area (Å²) >= 11 is 0. The smallest absolute Gasteiger partial charge is 0.333 e. The largest absolute Gasteiger partial charge is 0.496 e. The van der Waals surface area contributed by atoms with Gasteiger partial charge in [0, 0.05) is 12.0 Å². The number of hydrogen-bond donors (Lipinski definition) is 1. The first-order valence-electron chi connectivity index (χ1n) is 11.4. The molecule has 0 fully saturated rings. The number of aliphatic carboxylic acids is 1. The number of carboxylic acids is 1. The van der Waals surface area contributed by atoms with Gasteiger partial charge in [0.15, 0.2) is 6.10 Å². The van der Waals surface area contributed by atoms with E-state index < -0.39 is 12.1 Å². The summed E-state index contributed by atoms with van der Waals surface area (Å²) in [5, 5.41) is 13.5. The predicted octanol–water partition coefficient (Wildman–Crippen LogP) is 5.25. The normalized spacial score (nSPS) is 12.0. The fraction of sp³-hybridized carbons (Fsp3) is 0.286. The first kappa shape index (κ1) is 25.8. The van der Waals surface area contributed by atoms with Gasteiger partial charge in [-0.15, -0.1) is 0 Å². The lowest BCUT2D eigenvalue weighted by Gasteiger charge is -2.17. The van der Waals surface area contributed by atoms with E-state index in [1.54, 1.807) is 19.4 Å². The fourth-order valence-corrected chi connectivity index (χ4v) is 3.38. The zero-order chi connectivity index (χ0) is 25.0.